The fraction of sp³-hybridized carbons (Fsp3) is 0.769. The van der Waals surface area contributed by atoms with Crippen molar-refractivity contribution in [3.8, 4) is 0 Å². The molecule has 0 spiro atoms. The van der Waals surface area contributed by atoms with E-state index in [0.29, 0.717) is 12.7 Å². The Labute approximate surface area is 114 Å². The monoisotopic (exact) mass is 271 g/mol. The summed E-state index contributed by atoms with van der Waals surface area (Å²) < 4.78 is 0. The fourth-order valence-corrected chi connectivity index (χ4v) is 1.54. The highest BCUT2D eigenvalue weighted by atomic mass is 16.2. The van der Waals surface area contributed by atoms with Crippen LogP contribution in [0.1, 0.15) is 34.1 Å². The Morgan fingerprint density at radius 2 is 1.74 bits per heavy atom. The maximum Gasteiger partial charge on any atom is 0.242 e. The molecular formula is C13H25N3O3. The van der Waals surface area contributed by atoms with Crippen LogP contribution in [-0.4, -0.2) is 36.7 Å². The molecule has 0 aromatic carbocycles. The van der Waals surface area contributed by atoms with Crippen molar-refractivity contribution in [1.29, 1.82) is 0 Å². The van der Waals surface area contributed by atoms with Gasteiger partial charge in [-0.25, -0.2) is 0 Å². The number of rotatable bonds is 8. The van der Waals surface area contributed by atoms with Gasteiger partial charge in [-0.2, -0.15) is 0 Å². The van der Waals surface area contributed by atoms with Crippen molar-refractivity contribution in [3.63, 3.8) is 0 Å². The van der Waals surface area contributed by atoms with E-state index in [1.54, 1.807) is 0 Å². The maximum atomic E-state index is 11.9. The first-order valence-electron chi connectivity index (χ1n) is 6.56. The van der Waals surface area contributed by atoms with E-state index in [-0.39, 0.29) is 30.2 Å². The van der Waals surface area contributed by atoms with E-state index in [4.69, 9.17) is 5.73 Å². The molecular weight excluding hydrogens is 246 g/mol. The average molecular weight is 271 g/mol. The summed E-state index contributed by atoms with van der Waals surface area (Å²) in [5, 5.41) is 5.09. The highest BCUT2D eigenvalue weighted by Gasteiger charge is 2.25. The molecule has 6 heteroatoms. The molecule has 0 bridgehead atoms. The van der Waals surface area contributed by atoms with E-state index in [9.17, 15) is 14.4 Å². The molecule has 2 unspecified atom stereocenters. The van der Waals surface area contributed by atoms with Crippen LogP contribution in [-0.2, 0) is 14.4 Å². The molecule has 110 valence electrons. The molecule has 4 N–H and O–H groups in total. The minimum atomic E-state index is -0.655. The summed E-state index contributed by atoms with van der Waals surface area (Å²) in [7, 11) is 0. The van der Waals surface area contributed by atoms with Crippen LogP contribution in [0.25, 0.3) is 0 Å². The van der Waals surface area contributed by atoms with Crippen molar-refractivity contribution < 1.29 is 14.4 Å². The SMILES string of the molecule is CC(C)CC(NC(=O)C(N)C(C)C)C(=O)NCC=O. The Morgan fingerprint density at radius 3 is 2.16 bits per heavy atom. The molecule has 0 heterocycles. The van der Waals surface area contributed by atoms with Gasteiger partial charge in [0.1, 0.15) is 12.3 Å². The number of carbonyl (C=O) groups is 3. The number of carbonyl (C=O) groups excluding carboxylic acids is 3. The second-order valence-corrected chi connectivity index (χ2v) is 5.37. The minimum absolute atomic E-state index is 0.00210. The van der Waals surface area contributed by atoms with Gasteiger partial charge in [0.2, 0.25) is 11.8 Å². The van der Waals surface area contributed by atoms with Crippen LogP contribution in [0.2, 0.25) is 0 Å². The van der Waals surface area contributed by atoms with E-state index in [2.05, 4.69) is 10.6 Å². The van der Waals surface area contributed by atoms with E-state index >= 15 is 0 Å². The minimum Gasteiger partial charge on any atom is -0.348 e. The van der Waals surface area contributed by atoms with Crippen LogP contribution >= 0.6 is 0 Å². The van der Waals surface area contributed by atoms with Crippen LogP contribution < -0.4 is 16.4 Å². The quantitative estimate of drug-likeness (QED) is 0.533. The summed E-state index contributed by atoms with van der Waals surface area (Å²) in [6.45, 7) is 7.53. The number of hydrogen-bond donors (Lipinski definition) is 3. The largest absolute Gasteiger partial charge is 0.348 e. The van der Waals surface area contributed by atoms with Gasteiger partial charge in [-0.1, -0.05) is 27.7 Å². The molecule has 0 aromatic rings. The number of hydrogen-bond acceptors (Lipinski definition) is 4. The zero-order chi connectivity index (χ0) is 15.0. The van der Waals surface area contributed by atoms with Gasteiger partial charge in [-0.3, -0.25) is 9.59 Å². The van der Waals surface area contributed by atoms with Gasteiger partial charge in [0.15, 0.2) is 0 Å². The standard InChI is InChI=1S/C13H25N3O3/c1-8(2)7-10(12(18)15-5-6-17)16-13(19)11(14)9(3)4/h6,8-11H,5,7,14H2,1-4H3,(H,15,18)(H,16,19). The van der Waals surface area contributed by atoms with E-state index in [1.165, 1.54) is 0 Å². The van der Waals surface area contributed by atoms with Crippen molar-refractivity contribution in [3.05, 3.63) is 0 Å². The van der Waals surface area contributed by atoms with Crippen molar-refractivity contribution >= 4 is 18.1 Å². The fourth-order valence-electron chi connectivity index (χ4n) is 1.54. The third-order valence-corrected chi connectivity index (χ3v) is 2.72. The summed E-state index contributed by atoms with van der Waals surface area (Å²) in [5.74, 6) is -0.465. The zero-order valence-electron chi connectivity index (χ0n) is 12.1. The molecule has 0 rings (SSSR count). The molecule has 6 nitrogen and oxygen atoms in total. The number of nitrogens with two attached hydrogens (primary N) is 1. The lowest BCUT2D eigenvalue weighted by atomic mass is 10.0. The van der Waals surface area contributed by atoms with Gasteiger partial charge in [-0.15, -0.1) is 0 Å². The highest BCUT2D eigenvalue weighted by molar-refractivity contribution is 5.90. The first kappa shape index (κ1) is 17.6. The Bertz CT molecular complexity index is 316. The topological polar surface area (TPSA) is 101 Å². The van der Waals surface area contributed by atoms with Gasteiger partial charge in [0.05, 0.1) is 12.6 Å². The molecule has 0 radical (unpaired) electrons. The van der Waals surface area contributed by atoms with E-state index in [0.717, 1.165) is 0 Å². The van der Waals surface area contributed by atoms with Gasteiger partial charge < -0.3 is 21.2 Å². The van der Waals surface area contributed by atoms with Gasteiger partial charge in [-0.05, 0) is 18.3 Å². The first-order chi connectivity index (χ1) is 8.79. The first-order valence-corrected chi connectivity index (χ1v) is 6.56. The van der Waals surface area contributed by atoms with Crippen LogP contribution in [0.3, 0.4) is 0 Å². The van der Waals surface area contributed by atoms with Crippen LogP contribution in [0, 0.1) is 11.8 Å². The smallest absolute Gasteiger partial charge is 0.242 e. The molecule has 2 atom stereocenters. The molecule has 0 aliphatic rings. The van der Waals surface area contributed by atoms with Crippen molar-refractivity contribution in [1.82, 2.24) is 10.6 Å². The van der Waals surface area contributed by atoms with Gasteiger partial charge >= 0.3 is 0 Å². The summed E-state index contributed by atoms with van der Waals surface area (Å²) >= 11 is 0. The molecule has 0 saturated carbocycles. The summed E-state index contributed by atoms with van der Waals surface area (Å²) in [6, 6.07) is -1.30. The lowest BCUT2D eigenvalue weighted by Gasteiger charge is -2.23. The number of aldehydes is 1. The molecule has 0 aromatic heterocycles. The molecule has 0 fully saturated rings. The van der Waals surface area contributed by atoms with Crippen molar-refractivity contribution in [2.45, 2.75) is 46.2 Å². The van der Waals surface area contributed by atoms with Crippen LogP contribution in [0.5, 0.6) is 0 Å². The zero-order valence-corrected chi connectivity index (χ0v) is 12.1. The Kier molecular flexibility index (Phi) is 7.98. The highest BCUT2D eigenvalue weighted by Crippen LogP contribution is 2.06. The average Bonchev–Trinajstić information content (AvgIpc) is 2.33. The third kappa shape index (κ3) is 6.91. The summed E-state index contributed by atoms with van der Waals surface area (Å²) in [6.07, 6.45) is 1.10. The molecule has 0 saturated heterocycles. The number of amides is 2. The molecule has 0 aliphatic heterocycles. The van der Waals surface area contributed by atoms with Crippen molar-refractivity contribution in [2.75, 3.05) is 6.54 Å². The molecule has 2 amide bonds. The summed E-state index contributed by atoms with van der Waals surface area (Å²) in [5.41, 5.74) is 5.74. The number of nitrogens with one attached hydrogen (secondary N) is 2. The van der Waals surface area contributed by atoms with Gasteiger partial charge in [0, 0.05) is 0 Å². The van der Waals surface area contributed by atoms with Crippen LogP contribution in [0.4, 0.5) is 0 Å². The van der Waals surface area contributed by atoms with E-state index in [1.807, 2.05) is 27.7 Å². The van der Waals surface area contributed by atoms with Crippen LogP contribution in [0.15, 0.2) is 0 Å². The Hall–Kier alpha value is -1.43. The lowest BCUT2D eigenvalue weighted by Crippen LogP contribution is -2.53. The van der Waals surface area contributed by atoms with Crippen molar-refractivity contribution in [2.24, 2.45) is 17.6 Å². The van der Waals surface area contributed by atoms with Gasteiger partial charge in [0.25, 0.3) is 0 Å². The predicted octanol–water partition coefficient (Wildman–Crippen LogP) is -0.184. The second kappa shape index (κ2) is 8.63. The van der Waals surface area contributed by atoms with E-state index < -0.39 is 12.1 Å². The Balaban J connectivity index is 4.62. The molecule has 19 heavy (non-hydrogen) atoms. The normalized spacial score (nSPS) is 14.1. The molecule has 0 aliphatic carbocycles. The lowest BCUT2D eigenvalue weighted by molar-refractivity contribution is -0.130. The maximum absolute atomic E-state index is 11.9. The predicted molar refractivity (Wildman–Crippen MR) is 73.3 cm³/mol. The summed E-state index contributed by atoms with van der Waals surface area (Å²) in [4.78, 5) is 34.0. The third-order valence-electron chi connectivity index (χ3n) is 2.72. The Morgan fingerprint density at radius 1 is 1.16 bits per heavy atom. The second-order valence-electron chi connectivity index (χ2n) is 5.37.